The van der Waals surface area contributed by atoms with Gasteiger partial charge in [0.05, 0.1) is 12.1 Å². The van der Waals surface area contributed by atoms with Crippen molar-refractivity contribution in [3.05, 3.63) is 29.8 Å². The van der Waals surface area contributed by atoms with E-state index in [1.54, 1.807) is 6.07 Å². The fraction of sp³-hybridized carbons (Fsp3) is 0.500. The molecule has 3 nitrogen and oxygen atoms in total. The lowest BCUT2D eigenvalue weighted by atomic mass is 10.0. The van der Waals surface area contributed by atoms with Crippen molar-refractivity contribution in [3.8, 4) is 5.75 Å². The van der Waals surface area contributed by atoms with Crippen LogP contribution in [0.1, 0.15) is 24.4 Å². The van der Waals surface area contributed by atoms with Gasteiger partial charge in [0.25, 0.3) is 0 Å². The Bertz CT molecular complexity index is 403. The molecule has 0 saturated carbocycles. The van der Waals surface area contributed by atoms with Crippen LogP contribution in [0.2, 0.25) is 0 Å². The van der Waals surface area contributed by atoms with Crippen LogP contribution in [0.3, 0.4) is 0 Å². The lowest BCUT2D eigenvalue weighted by Crippen LogP contribution is -2.25. The third-order valence-corrected chi connectivity index (χ3v) is 2.84. The van der Waals surface area contributed by atoms with Gasteiger partial charge >= 0.3 is 6.36 Å². The summed E-state index contributed by atoms with van der Waals surface area (Å²) in [4.78, 5) is 0. The van der Waals surface area contributed by atoms with Crippen molar-refractivity contribution in [1.29, 1.82) is 0 Å². The molecule has 6 heteroatoms. The maximum absolute atomic E-state index is 12.1. The van der Waals surface area contributed by atoms with Gasteiger partial charge in [-0.2, -0.15) is 0 Å². The fourth-order valence-electron chi connectivity index (χ4n) is 2.02. The van der Waals surface area contributed by atoms with Crippen molar-refractivity contribution in [3.63, 3.8) is 0 Å². The normalized spacial score (nSPS) is 21.9. The highest BCUT2D eigenvalue weighted by atomic mass is 19.4. The number of hydrogen-bond acceptors (Lipinski definition) is 3. The van der Waals surface area contributed by atoms with Crippen LogP contribution in [0.4, 0.5) is 13.2 Å². The van der Waals surface area contributed by atoms with Crippen LogP contribution in [-0.4, -0.2) is 19.1 Å². The van der Waals surface area contributed by atoms with Crippen LogP contribution in [-0.2, 0) is 4.74 Å². The lowest BCUT2D eigenvalue weighted by Gasteiger charge is -2.19. The Hall–Kier alpha value is -1.27. The predicted octanol–water partition coefficient (Wildman–Crippen LogP) is 2.76. The molecule has 0 bridgehead atoms. The molecule has 1 saturated heterocycles. The zero-order valence-electron chi connectivity index (χ0n) is 9.61. The second-order valence-electron chi connectivity index (χ2n) is 4.20. The molecule has 0 aliphatic carbocycles. The second kappa shape index (κ2) is 5.16. The number of nitrogens with two attached hydrogens (primary N) is 1. The van der Waals surface area contributed by atoms with Crippen molar-refractivity contribution in [1.82, 2.24) is 0 Å². The molecule has 1 heterocycles. The third kappa shape index (κ3) is 3.36. The van der Waals surface area contributed by atoms with E-state index in [1.807, 2.05) is 0 Å². The SMILES string of the molecule is NC(c1cccc(OC(F)(F)F)c1)C1CCCO1. The van der Waals surface area contributed by atoms with Crippen LogP contribution in [0.25, 0.3) is 0 Å². The minimum Gasteiger partial charge on any atom is -0.406 e. The molecule has 0 aromatic heterocycles. The summed E-state index contributed by atoms with van der Waals surface area (Å²) in [5, 5.41) is 0. The Kier molecular flexibility index (Phi) is 3.77. The first-order valence-electron chi connectivity index (χ1n) is 5.68. The summed E-state index contributed by atoms with van der Waals surface area (Å²) >= 11 is 0. The zero-order valence-corrected chi connectivity index (χ0v) is 9.61. The minimum atomic E-state index is -4.69. The van der Waals surface area contributed by atoms with Crippen molar-refractivity contribution < 1.29 is 22.6 Å². The molecule has 1 aliphatic heterocycles. The van der Waals surface area contributed by atoms with E-state index in [4.69, 9.17) is 10.5 Å². The largest absolute Gasteiger partial charge is 0.573 e. The van der Waals surface area contributed by atoms with Gasteiger partial charge in [0.2, 0.25) is 0 Å². The number of benzene rings is 1. The molecule has 100 valence electrons. The number of halogens is 3. The molecule has 1 aromatic carbocycles. The number of hydrogen-bond donors (Lipinski definition) is 1. The van der Waals surface area contributed by atoms with Crippen molar-refractivity contribution in [2.75, 3.05) is 6.61 Å². The molecule has 2 unspecified atom stereocenters. The predicted molar refractivity (Wildman–Crippen MR) is 59.0 cm³/mol. The summed E-state index contributed by atoms with van der Waals surface area (Å²) in [5.41, 5.74) is 6.56. The standard InChI is InChI=1S/C12H14F3NO2/c13-12(14,15)18-9-4-1-3-8(7-9)11(16)10-5-2-6-17-10/h1,3-4,7,10-11H,2,5-6,16H2. The monoisotopic (exact) mass is 261 g/mol. The van der Waals surface area contributed by atoms with E-state index < -0.39 is 12.4 Å². The van der Waals surface area contributed by atoms with Gasteiger partial charge in [-0.15, -0.1) is 13.2 Å². The Morgan fingerprint density at radius 1 is 1.39 bits per heavy atom. The van der Waals surface area contributed by atoms with Gasteiger partial charge in [-0.1, -0.05) is 12.1 Å². The second-order valence-corrected chi connectivity index (χ2v) is 4.20. The van der Waals surface area contributed by atoms with Crippen LogP contribution in [0.5, 0.6) is 5.75 Å². The molecule has 0 spiro atoms. The van der Waals surface area contributed by atoms with E-state index in [0.717, 1.165) is 12.8 Å². The van der Waals surface area contributed by atoms with Gasteiger partial charge < -0.3 is 15.2 Å². The average molecular weight is 261 g/mol. The van der Waals surface area contributed by atoms with Crippen molar-refractivity contribution in [2.24, 2.45) is 5.73 Å². The topological polar surface area (TPSA) is 44.5 Å². The van der Waals surface area contributed by atoms with E-state index in [-0.39, 0.29) is 11.9 Å². The number of rotatable bonds is 3. The van der Waals surface area contributed by atoms with E-state index in [0.29, 0.717) is 12.2 Å². The maximum Gasteiger partial charge on any atom is 0.573 e. The van der Waals surface area contributed by atoms with E-state index in [2.05, 4.69) is 4.74 Å². The van der Waals surface area contributed by atoms with Crippen LogP contribution in [0.15, 0.2) is 24.3 Å². The van der Waals surface area contributed by atoms with E-state index in [9.17, 15) is 13.2 Å². The highest BCUT2D eigenvalue weighted by Gasteiger charge is 2.31. The van der Waals surface area contributed by atoms with Crippen LogP contribution >= 0.6 is 0 Å². The van der Waals surface area contributed by atoms with E-state index in [1.165, 1.54) is 18.2 Å². The fourth-order valence-corrected chi connectivity index (χ4v) is 2.02. The highest BCUT2D eigenvalue weighted by Crippen LogP contribution is 2.29. The minimum absolute atomic E-state index is 0.133. The number of ether oxygens (including phenoxy) is 2. The Morgan fingerprint density at radius 3 is 2.78 bits per heavy atom. The molecule has 2 rings (SSSR count). The first kappa shape index (κ1) is 13.2. The first-order valence-corrected chi connectivity index (χ1v) is 5.68. The first-order chi connectivity index (χ1) is 8.46. The molecule has 2 N–H and O–H groups in total. The molecule has 1 aromatic rings. The van der Waals surface area contributed by atoms with Gasteiger partial charge in [0.1, 0.15) is 5.75 Å². The van der Waals surface area contributed by atoms with Crippen LogP contribution < -0.4 is 10.5 Å². The smallest absolute Gasteiger partial charge is 0.406 e. The molecule has 18 heavy (non-hydrogen) atoms. The van der Waals surface area contributed by atoms with Gasteiger partial charge in [0, 0.05) is 6.61 Å². The van der Waals surface area contributed by atoms with Crippen LogP contribution in [0, 0.1) is 0 Å². The molecule has 0 radical (unpaired) electrons. The summed E-state index contributed by atoms with van der Waals surface area (Å²) in [7, 11) is 0. The number of alkyl halides is 3. The summed E-state index contributed by atoms with van der Waals surface area (Å²) in [6.45, 7) is 0.650. The highest BCUT2D eigenvalue weighted by molar-refractivity contribution is 5.31. The summed E-state index contributed by atoms with van der Waals surface area (Å²) < 4.78 is 45.6. The molecular formula is C12H14F3NO2. The average Bonchev–Trinajstić information content (AvgIpc) is 2.79. The van der Waals surface area contributed by atoms with Gasteiger partial charge in [-0.3, -0.25) is 0 Å². The van der Waals surface area contributed by atoms with Gasteiger partial charge in [-0.25, -0.2) is 0 Å². The zero-order chi connectivity index (χ0) is 13.2. The molecule has 2 atom stereocenters. The Labute approximate surface area is 103 Å². The van der Waals surface area contributed by atoms with Gasteiger partial charge in [-0.05, 0) is 30.5 Å². The Balaban J connectivity index is 2.11. The third-order valence-electron chi connectivity index (χ3n) is 2.84. The molecule has 1 fully saturated rings. The maximum atomic E-state index is 12.1. The summed E-state index contributed by atoms with van der Waals surface area (Å²) in [5.74, 6) is -0.256. The summed E-state index contributed by atoms with van der Waals surface area (Å²) in [6, 6.07) is 5.30. The quantitative estimate of drug-likeness (QED) is 0.909. The van der Waals surface area contributed by atoms with E-state index >= 15 is 0 Å². The lowest BCUT2D eigenvalue weighted by molar-refractivity contribution is -0.274. The van der Waals surface area contributed by atoms with Crippen molar-refractivity contribution >= 4 is 0 Å². The molecule has 0 amide bonds. The van der Waals surface area contributed by atoms with Gasteiger partial charge in [0.15, 0.2) is 0 Å². The summed E-state index contributed by atoms with van der Waals surface area (Å²) in [6.07, 6.45) is -3.07. The molecular weight excluding hydrogens is 247 g/mol. The molecule has 1 aliphatic rings. The van der Waals surface area contributed by atoms with Crippen molar-refractivity contribution in [2.45, 2.75) is 31.3 Å². The Morgan fingerprint density at radius 2 is 2.17 bits per heavy atom.